The number of benzene rings is 3. The molecule has 0 saturated heterocycles. The minimum absolute atomic E-state index is 0.723. The summed E-state index contributed by atoms with van der Waals surface area (Å²) in [4.78, 5) is 5.01. The molecule has 0 radical (unpaired) electrons. The van der Waals surface area contributed by atoms with Gasteiger partial charge in [-0.3, -0.25) is 0 Å². The molecule has 1 aliphatic carbocycles. The average Bonchev–Trinajstić information content (AvgIpc) is 3.04. The Balaban J connectivity index is 1.76. The summed E-state index contributed by atoms with van der Waals surface area (Å²) in [5.41, 5.74) is 9.11. The van der Waals surface area contributed by atoms with Crippen molar-refractivity contribution >= 4 is 22.6 Å². The number of aromatic nitrogens is 1. The lowest BCUT2D eigenvalue weighted by molar-refractivity contribution is 0.355. The van der Waals surface area contributed by atoms with Crippen LogP contribution in [0.15, 0.2) is 66.7 Å². The highest BCUT2D eigenvalue weighted by Gasteiger charge is 2.25. The van der Waals surface area contributed by atoms with Crippen molar-refractivity contribution in [1.82, 2.24) is 4.98 Å². The Bertz CT molecular complexity index is 1290. The number of fused-ring (bicyclic) bond motifs is 4. The Labute approximate surface area is 170 Å². The van der Waals surface area contributed by atoms with Crippen molar-refractivity contribution in [2.75, 3.05) is 14.2 Å². The third-order valence-electron chi connectivity index (χ3n) is 5.45. The number of rotatable bonds is 3. The van der Waals surface area contributed by atoms with Gasteiger partial charge in [-0.1, -0.05) is 42.0 Å². The lowest BCUT2D eigenvalue weighted by atomic mass is 9.99. The van der Waals surface area contributed by atoms with Gasteiger partial charge in [0.2, 0.25) is 0 Å². The molecular weight excluding hydrogens is 358 g/mol. The molecule has 1 heterocycles. The third kappa shape index (κ3) is 2.87. The van der Waals surface area contributed by atoms with Gasteiger partial charge >= 0.3 is 0 Å². The van der Waals surface area contributed by atoms with Crippen LogP contribution in [-0.4, -0.2) is 19.2 Å². The van der Waals surface area contributed by atoms with Gasteiger partial charge in [-0.25, -0.2) is 4.98 Å². The number of hydrogen-bond donors (Lipinski definition) is 0. The van der Waals surface area contributed by atoms with Crippen molar-refractivity contribution < 1.29 is 9.47 Å². The van der Waals surface area contributed by atoms with Crippen LogP contribution in [0.25, 0.3) is 33.8 Å². The first kappa shape index (κ1) is 17.5. The van der Waals surface area contributed by atoms with E-state index < -0.39 is 0 Å². The van der Waals surface area contributed by atoms with Gasteiger partial charge in [-0.05, 0) is 60.0 Å². The van der Waals surface area contributed by atoms with Gasteiger partial charge in [0.15, 0.2) is 11.5 Å². The molecule has 142 valence electrons. The molecule has 0 bridgehead atoms. The minimum atomic E-state index is 0.723. The molecule has 0 saturated carbocycles. The molecule has 4 aromatic rings. The van der Waals surface area contributed by atoms with E-state index in [1.54, 1.807) is 14.2 Å². The molecule has 0 atom stereocenters. The van der Waals surface area contributed by atoms with Crippen molar-refractivity contribution in [1.29, 1.82) is 0 Å². The molecule has 0 spiro atoms. The molecular formula is C26H21NO2. The zero-order valence-electron chi connectivity index (χ0n) is 16.7. The fourth-order valence-corrected chi connectivity index (χ4v) is 4.03. The summed E-state index contributed by atoms with van der Waals surface area (Å²) in [6.45, 7) is 2.12. The van der Waals surface area contributed by atoms with E-state index in [9.17, 15) is 0 Å². The average molecular weight is 379 g/mol. The van der Waals surface area contributed by atoms with E-state index in [2.05, 4.69) is 61.5 Å². The van der Waals surface area contributed by atoms with Crippen LogP contribution in [0, 0.1) is 6.92 Å². The van der Waals surface area contributed by atoms with E-state index in [0.29, 0.717) is 0 Å². The molecule has 0 unspecified atom stereocenters. The molecule has 3 nitrogen and oxygen atoms in total. The van der Waals surface area contributed by atoms with Crippen LogP contribution in [0.3, 0.4) is 0 Å². The van der Waals surface area contributed by atoms with E-state index in [-0.39, 0.29) is 0 Å². The summed E-state index contributed by atoms with van der Waals surface area (Å²) in [6.07, 6.45) is 2.21. The summed E-state index contributed by atoms with van der Waals surface area (Å²) in [7, 11) is 3.31. The zero-order valence-corrected chi connectivity index (χ0v) is 16.7. The van der Waals surface area contributed by atoms with Crippen molar-refractivity contribution in [2.45, 2.75) is 6.92 Å². The highest BCUT2D eigenvalue weighted by atomic mass is 16.5. The number of nitrogens with zero attached hydrogens (tertiary/aromatic N) is 1. The zero-order chi connectivity index (χ0) is 20.0. The number of methoxy groups -OCH3 is 2. The number of pyridine rings is 1. The second kappa shape index (κ2) is 6.78. The first-order valence-electron chi connectivity index (χ1n) is 9.63. The molecule has 29 heavy (non-hydrogen) atoms. The van der Waals surface area contributed by atoms with Crippen LogP contribution in [-0.2, 0) is 0 Å². The Morgan fingerprint density at radius 1 is 0.759 bits per heavy atom. The molecule has 0 aliphatic heterocycles. The van der Waals surface area contributed by atoms with E-state index >= 15 is 0 Å². The van der Waals surface area contributed by atoms with Crippen LogP contribution < -0.4 is 9.47 Å². The smallest absolute Gasteiger partial charge is 0.161 e. The minimum Gasteiger partial charge on any atom is -0.493 e. The van der Waals surface area contributed by atoms with E-state index in [4.69, 9.17) is 14.5 Å². The van der Waals surface area contributed by atoms with Crippen LogP contribution in [0.5, 0.6) is 11.5 Å². The van der Waals surface area contributed by atoms with Crippen molar-refractivity contribution in [3.05, 3.63) is 89.0 Å². The number of para-hydroxylation sites is 1. The van der Waals surface area contributed by atoms with Gasteiger partial charge in [0.1, 0.15) is 0 Å². The van der Waals surface area contributed by atoms with Gasteiger partial charge in [0.25, 0.3) is 0 Å². The summed E-state index contributed by atoms with van der Waals surface area (Å²) in [5.74, 6) is 1.45. The van der Waals surface area contributed by atoms with Crippen LogP contribution >= 0.6 is 0 Å². The molecule has 0 fully saturated rings. The fraction of sp³-hybridized carbons (Fsp3) is 0.115. The number of hydrogen-bond acceptors (Lipinski definition) is 3. The first-order valence-corrected chi connectivity index (χ1v) is 9.63. The number of aryl methyl sites for hydroxylation is 1. The second-order valence-corrected chi connectivity index (χ2v) is 7.30. The molecule has 0 N–H and O–H groups in total. The molecule has 5 rings (SSSR count). The first-order chi connectivity index (χ1) is 14.2. The highest BCUT2D eigenvalue weighted by Crippen LogP contribution is 2.45. The molecule has 1 aromatic heterocycles. The topological polar surface area (TPSA) is 31.4 Å². The summed E-state index contributed by atoms with van der Waals surface area (Å²) < 4.78 is 10.9. The maximum Gasteiger partial charge on any atom is 0.161 e. The maximum atomic E-state index is 5.49. The van der Waals surface area contributed by atoms with Crippen LogP contribution in [0.1, 0.15) is 22.3 Å². The van der Waals surface area contributed by atoms with Crippen molar-refractivity contribution in [3.63, 3.8) is 0 Å². The summed E-state index contributed by atoms with van der Waals surface area (Å²) in [6, 6.07) is 23.1. The fourth-order valence-electron chi connectivity index (χ4n) is 4.03. The predicted octanol–water partition coefficient (Wildman–Crippen LogP) is 6.13. The maximum absolute atomic E-state index is 5.49. The SMILES string of the molecule is COc1ccc(/C=C2\c3ccc(C)cc3-c3nc4ccccc4cc32)cc1OC. The highest BCUT2D eigenvalue weighted by molar-refractivity contribution is 6.07. The monoisotopic (exact) mass is 379 g/mol. The molecule has 3 heteroatoms. The Morgan fingerprint density at radius 3 is 2.41 bits per heavy atom. The van der Waals surface area contributed by atoms with Gasteiger partial charge in [0, 0.05) is 16.5 Å². The lowest BCUT2D eigenvalue weighted by Crippen LogP contribution is -1.91. The van der Waals surface area contributed by atoms with Crippen LogP contribution in [0.4, 0.5) is 0 Å². The third-order valence-corrected chi connectivity index (χ3v) is 5.45. The van der Waals surface area contributed by atoms with Crippen LogP contribution in [0.2, 0.25) is 0 Å². The predicted molar refractivity (Wildman–Crippen MR) is 118 cm³/mol. The Kier molecular flexibility index (Phi) is 4.09. The van der Waals surface area contributed by atoms with Gasteiger partial charge in [-0.2, -0.15) is 0 Å². The number of ether oxygens (including phenoxy) is 2. The van der Waals surface area contributed by atoms with Gasteiger partial charge in [-0.15, -0.1) is 0 Å². The van der Waals surface area contributed by atoms with Gasteiger partial charge in [0.05, 0.1) is 25.4 Å². The normalized spacial score (nSPS) is 13.4. The Morgan fingerprint density at radius 2 is 1.59 bits per heavy atom. The van der Waals surface area contributed by atoms with E-state index in [1.807, 2.05) is 18.2 Å². The van der Waals surface area contributed by atoms with E-state index in [0.717, 1.165) is 33.7 Å². The molecule has 1 aliphatic rings. The summed E-state index contributed by atoms with van der Waals surface area (Å²) in [5, 5.41) is 1.15. The van der Waals surface area contributed by atoms with Crippen molar-refractivity contribution in [3.8, 4) is 22.8 Å². The summed E-state index contributed by atoms with van der Waals surface area (Å²) >= 11 is 0. The quantitative estimate of drug-likeness (QED) is 0.378. The Hall–Kier alpha value is -3.59. The largest absolute Gasteiger partial charge is 0.493 e. The molecule has 3 aromatic carbocycles. The van der Waals surface area contributed by atoms with E-state index in [1.165, 1.54) is 27.8 Å². The van der Waals surface area contributed by atoms with Crippen molar-refractivity contribution in [2.24, 2.45) is 0 Å². The lowest BCUT2D eigenvalue weighted by Gasteiger charge is -2.09. The second-order valence-electron chi connectivity index (χ2n) is 7.30. The van der Waals surface area contributed by atoms with Gasteiger partial charge < -0.3 is 9.47 Å². The molecule has 0 amide bonds. The standard InChI is InChI=1S/C26H21NO2/c1-16-8-10-19-20(13-17-9-11-24(28-2)25(14-17)29-3)22-15-18-6-4-5-7-23(18)27-26(22)21(19)12-16/h4-15H,1-3H3/b20-13+.